The molecule has 2 aromatic rings. The molecular weight excluding hydrogens is 418 g/mol. The molecule has 1 aromatic heterocycles. The average molecular weight is 430 g/mol. The van der Waals surface area contributed by atoms with Gasteiger partial charge >= 0.3 is 0 Å². The largest absolute Gasteiger partial charge is 0.350 e. The molecule has 1 spiro atoms. The molecule has 1 aliphatic heterocycles. The topological polar surface area (TPSA) is 31.4 Å². The van der Waals surface area contributed by atoms with E-state index in [2.05, 4.69) is 11.1 Å². The summed E-state index contributed by atoms with van der Waals surface area (Å²) in [4.78, 5) is 4.46. The van der Waals surface area contributed by atoms with Gasteiger partial charge in [-0.15, -0.1) is 29.8 Å². The molecule has 1 saturated heterocycles. The molecule has 0 amide bonds. The fourth-order valence-corrected chi connectivity index (χ4v) is 2.77. The Bertz CT molecular complexity index is 561. The van der Waals surface area contributed by atoms with Gasteiger partial charge in [0.2, 0.25) is 0 Å². The van der Waals surface area contributed by atoms with Crippen molar-refractivity contribution in [2.45, 2.75) is 12.2 Å². The molecule has 1 fully saturated rings. The minimum absolute atomic E-state index is 0. The zero-order chi connectivity index (χ0) is 12.0. The predicted octanol–water partition coefficient (Wildman–Crippen LogP) is 2.50. The Morgan fingerprint density at radius 3 is 2.74 bits per heavy atom. The smallest absolute Gasteiger partial charge is 0.179 e. The van der Waals surface area contributed by atoms with Crippen LogP contribution in [0.5, 0.6) is 0 Å². The molecule has 2 heterocycles. The van der Waals surface area contributed by atoms with E-state index in [0.29, 0.717) is 13.2 Å². The van der Waals surface area contributed by atoms with E-state index in [4.69, 9.17) is 9.47 Å². The van der Waals surface area contributed by atoms with Gasteiger partial charge < -0.3 is 14.5 Å². The molecule has 3 nitrogen and oxygen atoms in total. The number of benzene rings is 1. The molecule has 19 heavy (non-hydrogen) atoms. The van der Waals surface area contributed by atoms with Crippen molar-refractivity contribution in [3.05, 3.63) is 53.7 Å². The summed E-state index contributed by atoms with van der Waals surface area (Å²) in [6, 6.07) is 13.1. The van der Waals surface area contributed by atoms with Crippen LogP contribution in [0.3, 0.4) is 0 Å². The predicted molar refractivity (Wildman–Crippen MR) is 65.8 cm³/mol. The van der Waals surface area contributed by atoms with Crippen LogP contribution >= 0.6 is 0 Å². The maximum absolute atomic E-state index is 6.00. The SMILES string of the molecule is [Ir].[c-]1cccc2c1-c1ncccc1C21OCCCO1. The van der Waals surface area contributed by atoms with E-state index in [9.17, 15) is 0 Å². The van der Waals surface area contributed by atoms with Gasteiger partial charge in [-0.3, -0.25) is 0 Å². The first kappa shape index (κ1) is 12.9. The summed E-state index contributed by atoms with van der Waals surface area (Å²) in [7, 11) is 0. The van der Waals surface area contributed by atoms with Crippen LogP contribution in [0.15, 0.2) is 36.5 Å². The summed E-state index contributed by atoms with van der Waals surface area (Å²) >= 11 is 0. The van der Waals surface area contributed by atoms with Crippen LogP contribution in [0, 0.1) is 6.07 Å². The van der Waals surface area contributed by atoms with Crippen LogP contribution in [0.4, 0.5) is 0 Å². The Labute approximate surface area is 125 Å². The van der Waals surface area contributed by atoms with Crippen LogP contribution in [-0.2, 0) is 35.4 Å². The summed E-state index contributed by atoms with van der Waals surface area (Å²) in [6.45, 7) is 1.42. The van der Waals surface area contributed by atoms with Crippen LogP contribution < -0.4 is 0 Å². The van der Waals surface area contributed by atoms with Gasteiger partial charge in [0, 0.05) is 26.3 Å². The fourth-order valence-electron chi connectivity index (χ4n) is 2.77. The Balaban J connectivity index is 0.00000110. The standard InChI is InChI=1S/C15H12NO2.Ir/c1-2-6-12-11(5-1)14-13(7-3-8-16-14)15(12)17-9-4-10-18-15;/h1-3,6-8H,4,9-10H2;/q-1;. The summed E-state index contributed by atoms with van der Waals surface area (Å²) in [6.07, 6.45) is 2.73. The minimum Gasteiger partial charge on any atom is -0.350 e. The third-order valence-corrected chi connectivity index (χ3v) is 3.51. The van der Waals surface area contributed by atoms with Crippen molar-refractivity contribution in [2.24, 2.45) is 0 Å². The number of rotatable bonds is 0. The van der Waals surface area contributed by atoms with Crippen LogP contribution in [-0.4, -0.2) is 18.2 Å². The summed E-state index contributed by atoms with van der Waals surface area (Å²) in [5.74, 6) is -0.755. The molecule has 0 bridgehead atoms. The van der Waals surface area contributed by atoms with Gasteiger partial charge in [0.15, 0.2) is 5.79 Å². The molecule has 0 N–H and O–H groups in total. The molecule has 4 rings (SSSR count). The molecule has 2 aliphatic rings. The molecule has 0 saturated carbocycles. The monoisotopic (exact) mass is 431 g/mol. The van der Waals surface area contributed by atoms with E-state index < -0.39 is 5.79 Å². The molecule has 4 heteroatoms. The molecule has 1 aliphatic carbocycles. The van der Waals surface area contributed by atoms with E-state index in [1.165, 1.54) is 0 Å². The van der Waals surface area contributed by atoms with E-state index >= 15 is 0 Å². The molecule has 1 aromatic carbocycles. The molecule has 1 radical (unpaired) electrons. The van der Waals surface area contributed by atoms with Crippen molar-refractivity contribution in [1.82, 2.24) is 4.98 Å². The van der Waals surface area contributed by atoms with Gasteiger partial charge in [0.25, 0.3) is 0 Å². The van der Waals surface area contributed by atoms with Crippen LogP contribution in [0.2, 0.25) is 0 Å². The number of hydrogen-bond donors (Lipinski definition) is 0. The maximum Gasteiger partial charge on any atom is 0.179 e. The zero-order valence-electron chi connectivity index (χ0n) is 10.2. The third kappa shape index (κ3) is 1.72. The Morgan fingerprint density at radius 1 is 1.11 bits per heavy atom. The molecular formula is C15H12IrNO2-. The quantitative estimate of drug-likeness (QED) is 0.602. The Hall–Kier alpha value is -1.06. The van der Waals surface area contributed by atoms with Gasteiger partial charge in [-0.2, -0.15) is 0 Å². The van der Waals surface area contributed by atoms with Crippen molar-refractivity contribution in [3.8, 4) is 11.3 Å². The van der Waals surface area contributed by atoms with Crippen LogP contribution in [0.1, 0.15) is 17.5 Å². The normalized spacial score (nSPS) is 18.5. The van der Waals surface area contributed by atoms with Gasteiger partial charge in [-0.1, -0.05) is 11.6 Å². The van der Waals surface area contributed by atoms with Gasteiger partial charge in [0.05, 0.1) is 13.2 Å². The number of nitrogens with zero attached hydrogens (tertiary/aromatic N) is 1. The second-order valence-corrected chi connectivity index (χ2v) is 4.53. The van der Waals surface area contributed by atoms with E-state index in [0.717, 1.165) is 28.8 Å². The molecule has 0 unspecified atom stereocenters. The third-order valence-electron chi connectivity index (χ3n) is 3.51. The number of pyridine rings is 1. The number of hydrogen-bond acceptors (Lipinski definition) is 3. The summed E-state index contributed by atoms with van der Waals surface area (Å²) < 4.78 is 12.0. The Kier molecular flexibility index (Phi) is 3.27. The van der Waals surface area contributed by atoms with Crippen molar-refractivity contribution in [2.75, 3.05) is 13.2 Å². The van der Waals surface area contributed by atoms with Gasteiger partial charge in [-0.05, 0) is 23.7 Å². The maximum atomic E-state index is 6.00. The number of fused-ring (bicyclic) bond motifs is 5. The number of aromatic nitrogens is 1. The second-order valence-electron chi connectivity index (χ2n) is 4.53. The second kappa shape index (κ2) is 4.80. The summed E-state index contributed by atoms with van der Waals surface area (Å²) in [5, 5.41) is 0. The minimum atomic E-state index is -0.755. The number of ether oxygens (including phenoxy) is 2. The summed E-state index contributed by atoms with van der Waals surface area (Å²) in [5.41, 5.74) is 3.95. The Morgan fingerprint density at radius 2 is 1.89 bits per heavy atom. The van der Waals surface area contributed by atoms with Gasteiger partial charge in [0.1, 0.15) is 0 Å². The fraction of sp³-hybridized carbons (Fsp3) is 0.267. The van der Waals surface area contributed by atoms with Crippen molar-refractivity contribution in [3.63, 3.8) is 0 Å². The average Bonchev–Trinajstić information content (AvgIpc) is 2.72. The molecule has 0 atom stereocenters. The molecule has 99 valence electrons. The van der Waals surface area contributed by atoms with Crippen LogP contribution in [0.25, 0.3) is 11.3 Å². The zero-order valence-corrected chi connectivity index (χ0v) is 12.6. The van der Waals surface area contributed by atoms with Crippen molar-refractivity contribution in [1.29, 1.82) is 0 Å². The first-order valence-electron chi connectivity index (χ1n) is 6.17. The van der Waals surface area contributed by atoms with E-state index in [1.54, 1.807) is 6.20 Å². The first-order valence-corrected chi connectivity index (χ1v) is 6.17. The van der Waals surface area contributed by atoms with E-state index in [1.807, 2.05) is 30.3 Å². The van der Waals surface area contributed by atoms with Crippen molar-refractivity contribution >= 4 is 0 Å². The van der Waals surface area contributed by atoms with Gasteiger partial charge in [-0.25, -0.2) is 0 Å². The van der Waals surface area contributed by atoms with Crippen molar-refractivity contribution < 1.29 is 29.6 Å². The first-order chi connectivity index (χ1) is 8.92. The van der Waals surface area contributed by atoms with E-state index in [-0.39, 0.29) is 20.1 Å².